The molecule has 0 unspecified atom stereocenters. The van der Waals surface area contributed by atoms with Crippen molar-refractivity contribution in [3.63, 3.8) is 0 Å². The molecule has 0 spiro atoms. The molecule has 0 saturated carbocycles. The van der Waals surface area contributed by atoms with Crippen molar-refractivity contribution >= 4 is 28.6 Å². The van der Waals surface area contributed by atoms with Gasteiger partial charge in [0.15, 0.2) is 0 Å². The number of rotatable bonds is 7. The van der Waals surface area contributed by atoms with Gasteiger partial charge in [-0.1, -0.05) is 42.5 Å². The highest BCUT2D eigenvalue weighted by Crippen LogP contribution is 2.36. The molecule has 6 nitrogen and oxygen atoms in total. The molecule has 6 heteroatoms. The second-order valence-corrected chi connectivity index (χ2v) is 8.24. The normalized spacial score (nSPS) is 12.5. The highest BCUT2D eigenvalue weighted by molar-refractivity contribution is 6.02. The monoisotopic (exact) mass is 437 g/mol. The van der Waals surface area contributed by atoms with Crippen LogP contribution in [0.1, 0.15) is 41.0 Å². The van der Waals surface area contributed by atoms with Gasteiger partial charge in [-0.25, -0.2) is 5.43 Å². The Balaban J connectivity index is 1.29. The maximum Gasteiger partial charge on any atom is 0.289 e. The SMILES string of the molecule is CCN(CC)c1ccc(/C=N\NC(=O)c2cc(-c3ccc4c5c(cccc35)CC4)n[nH]2)cc1. The molecule has 0 aliphatic heterocycles. The van der Waals surface area contributed by atoms with Gasteiger partial charge in [0.2, 0.25) is 0 Å². The Morgan fingerprint density at radius 3 is 2.58 bits per heavy atom. The Morgan fingerprint density at radius 1 is 1.06 bits per heavy atom. The lowest BCUT2D eigenvalue weighted by molar-refractivity contribution is 0.0950. The van der Waals surface area contributed by atoms with E-state index in [-0.39, 0.29) is 5.91 Å². The predicted molar refractivity (Wildman–Crippen MR) is 134 cm³/mol. The summed E-state index contributed by atoms with van der Waals surface area (Å²) in [7, 11) is 0. The summed E-state index contributed by atoms with van der Waals surface area (Å²) < 4.78 is 0. The lowest BCUT2D eigenvalue weighted by Crippen LogP contribution is -2.21. The molecule has 33 heavy (non-hydrogen) atoms. The van der Waals surface area contributed by atoms with Crippen LogP contribution in [0.4, 0.5) is 5.69 Å². The van der Waals surface area contributed by atoms with Crippen LogP contribution in [0, 0.1) is 0 Å². The molecule has 1 amide bonds. The zero-order valence-electron chi connectivity index (χ0n) is 18.9. The van der Waals surface area contributed by atoms with Gasteiger partial charge in [0.05, 0.1) is 11.9 Å². The average Bonchev–Trinajstić information content (AvgIpc) is 3.50. The van der Waals surface area contributed by atoms with Gasteiger partial charge in [-0.3, -0.25) is 9.89 Å². The predicted octanol–water partition coefficient (Wildman–Crippen LogP) is 4.94. The summed E-state index contributed by atoms with van der Waals surface area (Å²) in [5.74, 6) is -0.323. The molecule has 1 aliphatic rings. The first-order valence-electron chi connectivity index (χ1n) is 11.5. The van der Waals surface area contributed by atoms with Crippen molar-refractivity contribution < 1.29 is 4.79 Å². The minimum absolute atomic E-state index is 0.323. The summed E-state index contributed by atoms with van der Waals surface area (Å²) in [6.07, 6.45) is 3.81. The third-order valence-corrected chi connectivity index (χ3v) is 6.38. The van der Waals surface area contributed by atoms with E-state index in [1.165, 1.54) is 27.6 Å². The summed E-state index contributed by atoms with van der Waals surface area (Å²) in [6.45, 7) is 6.21. The van der Waals surface area contributed by atoms with E-state index in [4.69, 9.17) is 0 Å². The van der Waals surface area contributed by atoms with Gasteiger partial charge in [0.25, 0.3) is 5.91 Å². The first-order chi connectivity index (χ1) is 16.2. The van der Waals surface area contributed by atoms with Crippen LogP contribution in [0.25, 0.3) is 22.0 Å². The molecule has 0 fully saturated rings. The highest BCUT2D eigenvalue weighted by Gasteiger charge is 2.18. The Labute approximate surface area is 193 Å². The summed E-state index contributed by atoms with van der Waals surface area (Å²) in [5, 5.41) is 13.9. The lowest BCUT2D eigenvalue weighted by atomic mass is 9.98. The largest absolute Gasteiger partial charge is 0.372 e. The van der Waals surface area contributed by atoms with E-state index < -0.39 is 0 Å². The molecule has 1 aliphatic carbocycles. The van der Waals surface area contributed by atoms with Gasteiger partial charge < -0.3 is 4.90 Å². The Hall–Kier alpha value is -3.93. The number of amides is 1. The van der Waals surface area contributed by atoms with Crippen molar-refractivity contribution in [3.8, 4) is 11.3 Å². The Kier molecular flexibility index (Phi) is 5.65. The number of aryl methyl sites for hydroxylation is 2. The quantitative estimate of drug-likeness (QED) is 0.318. The zero-order chi connectivity index (χ0) is 22.8. The maximum absolute atomic E-state index is 12.6. The van der Waals surface area contributed by atoms with Gasteiger partial charge in [0, 0.05) is 24.3 Å². The molecule has 0 radical (unpaired) electrons. The van der Waals surface area contributed by atoms with Gasteiger partial charge in [-0.2, -0.15) is 10.2 Å². The number of aromatic amines is 1. The number of hydrazone groups is 1. The number of carbonyl (C=O) groups is 1. The van der Waals surface area contributed by atoms with Gasteiger partial charge >= 0.3 is 0 Å². The molecule has 166 valence electrons. The molecule has 0 atom stereocenters. The van der Waals surface area contributed by atoms with E-state index in [0.717, 1.165) is 42.8 Å². The number of carbonyl (C=O) groups excluding carboxylic acids is 1. The molecule has 0 bridgehead atoms. The number of benzene rings is 3. The number of nitrogens with zero attached hydrogens (tertiary/aromatic N) is 3. The van der Waals surface area contributed by atoms with Crippen molar-refractivity contribution in [2.45, 2.75) is 26.7 Å². The standard InChI is InChI=1S/C27H27N5O/c1-3-32(4-2)21-13-8-18(9-14-21)17-28-31-27(33)25-16-24(29-30-25)22-15-12-20-11-10-19-6-5-7-23(22)26(19)20/h5-9,12-17H,3-4,10-11H2,1-2H3,(H,29,30)(H,31,33)/b28-17-. The maximum atomic E-state index is 12.6. The topological polar surface area (TPSA) is 73.4 Å². The van der Waals surface area contributed by atoms with Crippen LogP contribution in [-0.2, 0) is 12.8 Å². The van der Waals surface area contributed by atoms with Crippen LogP contribution < -0.4 is 10.3 Å². The molecule has 0 saturated heterocycles. The van der Waals surface area contributed by atoms with E-state index in [0.29, 0.717) is 5.69 Å². The highest BCUT2D eigenvalue weighted by atomic mass is 16.2. The number of hydrogen-bond acceptors (Lipinski definition) is 4. The number of H-pyrrole nitrogens is 1. The van der Waals surface area contributed by atoms with Crippen LogP contribution >= 0.6 is 0 Å². The number of hydrogen-bond donors (Lipinski definition) is 2. The fraction of sp³-hybridized carbons (Fsp3) is 0.222. The van der Waals surface area contributed by atoms with E-state index in [2.05, 4.69) is 81.9 Å². The van der Waals surface area contributed by atoms with Crippen LogP contribution in [0.2, 0.25) is 0 Å². The van der Waals surface area contributed by atoms with Crippen LogP contribution in [0.5, 0.6) is 0 Å². The van der Waals surface area contributed by atoms with Crippen molar-refractivity contribution in [3.05, 3.63) is 83.0 Å². The zero-order valence-corrected chi connectivity index (χ0v) is 18.9. The Morgan fingerprint density at radius 2 is 1.82 bits per heavy atom. The molecule has 1 aromatic heterocycles. The van der Waals surface area contributed by atoms with E-state index in [9.17, 15) is 4.79 Å². The summed E-state index contributed by atoms with van der Waals surface area (Å²) in [6, 6.07) is 20.6. The molecular formula is C27H27N5O. The number of anilines is 1. The lowest BCUT2D eigenvalue weighted by Gasteiger charge is -2.20. The van der Waals surface area contributed by atoms with Crippen molar-refractivity contribution in [2.75, 3.05) is 18.0 Å². The van der Waals surface area contributed by atoms with E-state index in [1.807, 2.05) is 12.1 Å². The Bertz CT molecular complexity index is 1320. The molecule has 5 rings (SSSR count). The fourth-order valence-electron chi connectivity index (χ4n) is 4.63. The minimum atomic E-state index is -0.323. The van der Waals surface area contributed by atoms with Crippen LogP contribution in [-0.4, -0.2) is 35.4 Å². The van der Waals surface area contributed by atoms with Crippen LogP contribution in [0.15, 0.2) is 65.8 Å². The average molecular weight is 438 g/mol. The first-order valence-corrected chi connectivity index (χ1v) is 11.5. The number of aromatic nitrogens is 2. The minimum Gasteiger partial charge on any atom is -0.372 e. The third kappa shape index (κ3) is 4.00. The summed E-state index contributed by atoms with van der Waals surface area (Å²) in [4.78, 5) is 14.9. The van der Waals surface area contributed by atoms with Crippen molar-refractivity contribution in [1.82, 2.24) is 15.6 Å². The second-order valence-electron chi connectivity index (χ2n) is 8.24. The molecule has 4 aromatic rings. The van der Waals surface area contributed by atoms with Gasteiger partial charge in [-0.05, 0) is 72.4 Å². The smallest absolute Gasteiger partial charge is 0.289 e. The van der Waals surface area contributed by atoms with E-state index in [1.54, 1.807) is 12.3 Å². The van der Waals surface area contributed by atoms with Crippen LogP contribution in [0.3, 0.4) is 0 Å². The van der Waals surface area contributed by atoms with Gasteiger partial charge in [0.1, 0.15) is 5.69 Å². The van der Waals surface area contributed by atoms with Crippen molar-refractivity contribution in [2.24, 2.45) is 5.10 Å². The third-order valence-electron chi connectivity index (χ3n) is 6.38. The van der Waals surface area contributed by atoms with Crippen molar-refractivity contribution in [1.29, 1.82) is 0 Å². The molecule has 1 heterocycles. The van der Waals surface area contributed by atoms with E-state index >= 15 is 0 Å². The summed E-state index contributed by atoms with van der Waals surface area (Å²) >= 11 is 0. The molecule has 2 N–H and O–H groups in total. The number of nitrogens with one attached hydrogen (secondary N) is 2. The second kappa shape index (κ2) is 8.90. The first kappa shape index (κ1) is 20.9. The molecule has 3 aromatic carbocycles. The van der Waals surface area contributed by atoms with Gasteiger partial charge in [-0.15, -0.1) is 0 Å². The summed E-state index contributed by atoms with van der Waals surface area (Å²) in [5.41, 5.74) is 9.62. The molecular weight excluding hydrogens is 410 g/mol. The fourth-order valence-corrected chi connectivity index (χ4v) is 4.63.